The molecule has 202 valence electrons. The van der Waals surface area contributed by atoms with Gasteiger partial charge in [-0.15, -0.1) is 11.8 Å². The van der Waals surface area contributed by atoms with Gasteiger partial charge in [0.05, 0.1) is 23.2 Å². The number of amides is 3. The minimum atomic E-state index is -0.754. The van der Waals surface area contributed by atoms with Gasteiger partial charge in [0.15, 0.2) is 0 Å². The lowest BCUT2D eigenvalue weighted by Gasteiger charge is -2.38. The molecular formula is C28H32ClN3O5S. The number of halogens is 1. The van der Waals surface area contributed by atoms with Crippen molar-refractivity contribution in [2.75, 3.05) is 30.4 Å². The molecule has 0 saturated carbocycles. The minimum Gasteiger partial charge on any atom is -0.494 e. The van der Waals surface area contributed by atoms with Gasteiger partial charge in [0, 0.05) is 34.8 Å². The van der Waals surface area contributed by atoms with Crippen LogP contribution in [-0.2, 0) is 14.4 Å². The molecule has 3 unspecified atom stereocenters. The van der Waals surface area contributed by atoms with Gasteiger partial charge in [0.1, 0.15) is 11.8 Å². The summed E-state index contributed by atoms with van der Waals surface area (Å²) < 4.78 is 4.76. The molecule has 0 aromatic heterocycles. The van der Waals surface area contributed by atoms with E-state index in [4.69, 9.17) is 16.3 Å². The molecular weight excluding hydrogens is 526 g/mol. The van der Waals surface area contributed by atoms with Gasteiger partial charge < -0.3 is 25.4 Å². The van der Waals surface area contributed by atoms with E-state index >= 15 is 0 Å². The number of fused-ring (bicyclic) bond motifs is 1. The number of aliphatic hydroxyl groups is 1. The van der Waals surface area contributed by atoms with Crippen molar-refractivity contribution in [2.45, 2.75) is 42.7 Å². The monoisotopic (exact) mass is 557 g/mol. The molecule has 3 saturated heterocycles. The van der Waals surface area contributed by atoms with E-state index in [1.54, 1.807) is 65.2 Å². The Morgan fingerprint density at radius 3 is 2.37 bits per heavy atom. The number of anilines is 2. The molecule has 3 fully saturated rings. The summed E-state index contributed by atoms with van der Waals surface area (Å²) in [6.07, 6.45) is 1.10. The summed E-state index contributed by atoms with van der Waals surface area (Å²) in [4.78, 5) is 43.0. The van der Waals surface area contributed by atoms with Crippen molar-refractivity contribution >= 4 is 52.5 Å². The quantitative estimate of drug-likeness (QED) is 0.429. The summed E-state index contributed by atoms with van der Waals surface area (Å²) in [6, 6.07) is 13.3. The van der Waals surface area contributed by atoms with Crippen molar-refractivity contribution in [1.82, 2.24) is 4.90 Å². The highest BCUT2D eigenvalue weighted by atomic mass is 35.5. The van der Waals surface area contributed by atoms with Gasteiger partial charge in [-0.1, -0.05) is 18.5 Å². The first-order valence-electron chi connectivity index (χ1n) is 13.0. The summed E-state index contributed by atoms with van der Waals surface area (Å²) in [5, 5.41) is 16.0. The number of aliphatic hydroxyl groups excluding tert-OH is 1. The van der Waals surface area contributed by atoms with Gasteiger partial charge in [-0.2, -0.15) is 0 Å². The highest BCUT2D eigenvalue weighted by molar-refractivity contribution is 8.02. The molecule has 3 aliphatic heterocycles. The second-order valence-electron chi connectivity index (χ2n) is 10.1. The molecule has 0 aliphatic carbocycles. The first kappa shape index (κ1) is 26.8. The maximum Gasteiger partial charge on any atom is 0.248 e. The molecule has 3 aliphatic rings. The molecule has 2 bridgehead atoms. The van der Waals surface area contributed by atoms with Crippen LogP contribution in [0.15, 0.2) is 48.5 Å². The van der Waals surface area contributed by atoms with Gasteiger partial charge in [-0.05, 0) is 74.2 Å². The van der Waals surface area contributed by atoms with Crippen molar-refractivity contribution in [3.8, 4) is 5.75 Å². The highest BCUT2D eigenvalue weighted by Crippen LogP contribution is 2.68. The largest absolute Gasteiger partial charge is 0.494 e. The Balaban J connectivity index is 1.44. The summed E-state index contributed by atoms with van der Waals surface area (Å²) >= 11 is 7.62. The van der Waals surface area contributed by atoms with E-state index in [1.807, 2.05) is 6.92 Å². The van der Waals surface area contributed by atoms with Gasteiger partial charge in [0.2, 0.25) is 17.7 Å². The topological polar surface area (TPSA) is 108 Å². The van der Waals surface area contributed by atoms with E-state index in [1.165, 1.54) is 0 Å². The van der Waals surface area contributed by atoms with E-state index in [-0.39, 0.29) is 42.0 Å². The van der Waals surface area contributed by atoms with Gasteiger partial charge in [-0.3, -0.25) is 14.4 Å². The molecule has 3 N–H and O–H groups in total. The molecule has 3 heterocycles. The Bertz CT molecular complexity index is 1210. The second-order valence-corrected chi connectivity index (χ2v) is 12.1. The van der Waals surface area contributed by atoms with Crippen LogP contribution in [0.5, 0.6) is 5.75 Å². The third-order valence-corrected chi connectivity index (χ3v) is 10.2. The summed E-state index contributed by atoms with van der Waals surface area (Å²) in [7, 11) is 0. The van der Waals surface area contributed by atoms with Crippen molar-refractivity contribution in [2.24, 2.45) is 17.8 Å². The van der Waals surface area contributed by atoms with Crippen LogP contribution in [-0.4, -0.2) is 63.5 Å². The van der Waals surface area contributed by atoms with Crippen LogP contribution in [0.2, 0.25) is 5.02 Å². The van der Waals surface area contributed by atoms with Crippen molar-refractivity contribution in [3.63, 3.8) is 0 Å². The number of nitrogens with one attached hydrogen (secondary N) is 2. The van der Waals surface area contributed by atoms with Gasteiger partial charge in [-0.25, -0.2) is 0 Å². The molecule has 0 radical (unpaired) electrons. The molecule has 8 nitrogen and oxygen atoms in total. The van der Waals surface area contributed by atoms with E-state index in [2.05, 4.69) is 17.6 Å². The number of benzene rings is 2. The zero-order valence-corrected chi connectivity index (χ0v) is 22.9. The number of carbonyl (C=O) groups is 3. The van der Waals surface area contributed by atoms with Gasteiger partial charge in [0.25, 0.3) is 0 Å². The van der Waals surface area contributed by atoms with Crippen LogP contribution in [0.1, 0.15) is 26.7 Å². The maximum absolute atomic E-state index is 14.0. The molecule has 1 spiro atoms. The normalized spacial score (nSPS) is 29.3. The molecule has 2 aromatic rings. The third kappa shape index (κ3) is 4.54. The van der Waals surface area contributed by atoms with Crippen LogP contribution < -0.4 is 15.4 Å². The summed E-state index contributed by atoms with van der Waals surface area (Å²) in [6.45, 7) is 4.68. The summed E-state index contributed by atoms with van der Waals surface area (Å²) in [5.74, 6) is -1.09. The van der Waals surface area contributed by atoms with E-state index in [0.29, 0.717) is 35.2 Å². The molecule has 6 atom stereocenters. The zero-order chi connectivity index (χ0) is 27.0. The van der Waals surface area contributed by atoms with E-state index in [9.17, 15) is 19.5 Å². The third-order valence-electron chi connectivity index (χ3n) is 7.90. The predicted molar refractivity (Wildman–Crippen MR) is 148 cm³/mol. The Hall–Kier alpha value is -2.75. The standard InChI is InChI=1S/C28H32ClN3O5S/c1-3-37-20-11-9-19(10-12-20)30-25(34)22-21-15-16(2)28(38-21)23(22)27(36)32(13-4-14-33)24(28)26(35)31-18-7-5-17(29)6-8-18/h5-12,16,21-24,33H,3-4,13-15H2,1-2H3,(H,30,34)(H,31,35)/t16?,21-,22+,23-,24?,28?/m0/s1. The molecule has 38 heavy (non-hydrogen) atoms. The lowest BCUT2D eigenvalue weighted by Crippen LogP contribution is -2.54. The second kappa shape index (κ2) is 10.8. The number of rotatable bonds is 9. The molecule has 2 aromatic carbocycles. The van der Waals surface area contributed by atoms with Crippen LogP contribution in [0.4, 0.5) is 11.4 Å². The molecule has 5 rings (SSSR count). The van der Waals surface area contributed by atoms with E-state index < -0.39 is 22.6 Å². The first-order valence-corrected chi connectivity index (χ1v) is 14.2. The van der Waals surface area contributed by atoms with Crippen molar-refractivity contribution in [3.05, 3.63) is 53.6 Å². The average molecular weight is 558 g/mol. The fraction of sp³-hybridized carbons (Fsp3) is 0.464. The average Bonchev–Trinajstić information content (AvgIpc) is 3.49. The van der Waals surface area contributed by atoms with Gasteiger partial charge >= 0.3 is 0 Å². The van der Waals surface area contributed by atoms with Crippen LogP contribution in [0, 0.1) is 17.8 Å². The minimum absolute atomic E-state index is 0.0565. The highest BCUT2D eigenvalue weighted by Gasteiger charge is 2.75. The number of likely N-dealkylation sites (tertiary alicyclic amines) is 1. The number of ether oxygens (including phenoxy) is 1. The first-order chi connectivity index (χ1) is 18.3. The number of hydrogen-bond acceptors (Lipinski definition) is 6. The van der Waals surface area contributed by atoms with Crippen molar-refractivity contribution < 1.29 is 24.2 Å². The lowest BCUT2D eigenvalue weighted by molar-refractivity contribution is -0.138. The Kier molecular flexibility index (Phi) is 7.62. The maximum atomic E-state index is 14.0. The smallest absolute Gasteiger partial charge is 0.248 e. The van der Waals surface area contributed by atoms with Crippen LogP contribution in [0.3, 0.4) is 0 Å². The van der Waals surface area contributed by atoms with Crippen molar-refractivity contribution in [1.29, 1.82) is 0 Å². The Morgan fingerprint density at radius 2 is 1.74 bits per heavy atom. The lowest BCUT2D eigenvalue weighted by atomic mass is 9.66. The zero-order valence-electron chi connectivity index (χ0n) is 21.4. The number of thioether (sulfide) groups is 1. The Labute approximate surface area is 231 Å². The summed E-state index contributed by atoms with van der Waals surface area (Å²) in [5.41, 5.74) is 1.22. The van der Waals surface area contributed by atoms with Crippen LogP contribution in [0.25, 0.3) is 0 Å². The number of hydrogen-bond donors (Lipinski definition) is 3. The van der Waals surface area contributed by atoms with E-state index in [0.717, 1.165) is 6.42 Å². The fourth-order valence-electron chi connectivity index (χ4n) is 6.37. The number of carbonyl (C=O) groups excluding carboxylic acids is 3. The molecule has 3 amide bonds. The Morgan fingerprint density at radius 1 is 1.11 bits per heavy atom. The SMILES string of the molecule is CCOc1ccc(NC(=O)[C@@H]2[C@@H]3CC(C)C4(S3)C(C(=O)Nc3ccc(Cl)cc3)N(CCCO)C(=O)[C@H]24)cc1. The van der Waals surface area contributed by atoms with Crippen LogP contribution >= 0.6 is 23.4 Å². The molecule has 10 heteroatoms. The number of nitrogens with zero attached hydrogens (tertiary/aromatic N) is 1. The fourth-order valence-corrected chi connectivity index (χ4v) is 8.92. The predicted octanol–water partition coefficient (Wildman–Crippen LogP) is 4.04.